The number of rotatable bonds is 3. The molecular formula is C25H17FO4. The summed E-state index contributed by atoms with van der Waals surface area (Å²) in [6.07, 6.45) is 0. The molecule has 1 aliphatic rings. The highest BCUT2D eigenvalue weighted by atomic mass is 19.3. The maximum Gasteiger partial charge on any atom is 0.213 e. The van der Waals surface area contributed by atoms with Crippen LogP contribution in [0.25, 0.3) is 11.1 Å². The Kier molecular flexibility index (Phi) is 3.93. The van der Waals surface area contributed by atoms with Crippen molar-refractivity contribution in [3.8, 4) is 34.1 Å². The van der Waals surface area contributed by atoms with Gasteiger partial charge in [0.25, 0.3) is 0 Å². The number of aromatic hydroxyl groups is 3. The summed E-state index contributed by atoms with van der Waals surface area (Å²) in [6.45, 7) is 0. The lowest BCUT2D eigenvalue weighted by molar-refractivity contribution is -0.00897. The second-order valence-corrected chi connectivity index (χ2v) is 7.30. The molecule has 5 heteroatoms. The lowest BCUT2D eigenvalue weighted by Gasteiger charge is -2.34. The molecule has 0 aromatic heterocycles. The standard InChI is InChI=1S/C25H17FO4/c26-30-24-12-10-16(14-23(24)29)25(15-9-11-21(27)22(28)13-15)19-7-3-1-5-17(19)18-6-2-4-8-20(18)25/h1-14,27-29H. The number of benzene rings is 4. The number of halogens is 1. The summed E-state index contributed by atoms with van der Waals surface area (Å²) in [5.41, 5.74) is 4.41. The van der Waals surface area contributed by atoms with Crippen LogP contribution >= 0.6 is 0 Å². The summed E-state index contributed by atoms with van der Waals surface area (Å²) in [5.74, 6) is -1.08. The Hall–Kier alpha value is -3.99. The van der Waals surface area contributed by atoms with Crippen LogP contribution in [0.5, 0.6) is 23.0 Å². The van der Waals surface area contributed by atoms with E-state index in [4.69, 9.17) is 0 Å². The van der Waals surface area contributed by atoms with Gasteiger partial charge in [-0.3, -0.25) is 4.94 Å². The number of hydrogen-bond donors (Lipinski definition) is 3. The van der Waals surface area contributed by atoms with Crippen molar-refractivity contribution in [3.63, 3.8) is 0 Å². The maximum absolute atomic E-state index is 12.8. The van der Waals surface area contributed by atoms with E-state index >= 15 is 0 Å². The quantitative estimate of drug-likeness (QED) is 0.353. The summed E-state index contributed by atoms with van der Waals surface area (Å²) < 4.78 is 12.8. The SMILES string of the molecule is Oc1ccc(C2(c3ccc(OF)c(O)c3)c3ccccc3-c3ccccc32)cc1O. The predicted octanol–water partition coefficient (Wildman–Crippen LogP) is 5.43. The van der Waals surface area contributed by atoms with E-state index in [0.29, 0.717) is 11.1 Å². The molecule has 4 aromatic carbocycles. The minimum Gasteiger partial charge on any atom is -0.504 e. The third-order valence-corrected chi connectivity index (χ3v) is 5.84. The van der Waals surface area contributed by atoms with E-state index < -0.39 is 5.41 Å². The van der Waals surface area contributed by atoms with Gasteiger partial charge in [-0.05, 0) is 57.6 Å². The van der Waals surface area contributed by atoms with Gasteiger partial charge >= 0.3 is 0 Å². The number of fused-ring (bicyclic) bond motifs is 3. The summed E-state index contributed by atoms with van der Waals surface area (Å²) >= 11 is 0. The molecule has 0 unspecified atom stereocenters. The molecule has 0 saturated carbocycles. The molecule has 4 aromatic rings. The van der Waals surface area contributed by atoms with Crippen LogP contribution in [0.4, 0.5) is 4.53 Å². The molecule has 0 bridgehead atoms. The third kappa shape index (κ3) is 2.32. The van der Waals surface area contributed by atoms with Gasteiger partial charge < -0.3 is 15.3 Å². The molecule has 0 fully saturated rings. The number of phenols is 3. The zero-order chi connectivity index (χ0) is 20.9. The normalized spacial score (nSPS) is 13.5. The van der Waals surface area contributed by atoms with Crippen molar-refractivity contribution in [3.05, 3.63) is 107 Å². The Labute approximate surface area is 172 Å². The first-order chi connectivity index (χ1) is 14.6. The molecule has 4 nitrogen and oxygen atoms in total. The van der Waals surface area contributed by atoms with Crippen LogP contribution in [-0.2, 0) is 5.41 Å². The Morgan fingerprint density at radius 2 is 1.13 bits per heavy atom. The first kappa shape index (κ1) is 18.1. The highest BCUT2D eigenvalue weighted by molar-refractivity contribution is 5.86. The van der Waals surface area contributed by atoms with Crippen LogP contribution in [-0.4, -0.2) is 15.3 Å². The highest BCUT2D eigenvalue weighted by Gasteiger charge is 2.46. The summed E-state index contributed by atoms with van der Waals surface area (Å²) in [7, 11) is 0. The molecule has 0 heterocycles. The summed E-state index contributed by atoms with van der Waals surface area (Å²) in [4.78, 5) is 3.75. The Morgan fingerprint density at radius 1 is 0.600 bits per heavy atom. The van der Waals surface area contributed by atoms with Crippen LogP contribution in [0.3, 0.4) is 0 Å². The zero-order valence-corrected chi connectivity index (χ0v) is 15.7. The lowest BCUT2D eigenvalue weighted by Crippen LogP contribution is -2.28. The molecule has 5 rings (SSSR count). The van der Waals surface area contributed by atoms with Gasteiger partial charge in [-0.2, -0.15) is 0 Å². The first-order valence-corrected chi connectivity index (χ1v) is 9.41. The predicted molar refractivity (Wildman–Crippen MR) is 110 cm³/mol. The van der Waals surface area contributed by atoms with E-state index in [1.807, 2.05) is 48.5 Å². The van der Waals surface area contributed by atoms with Crippen molar-refractivity contribution in [2.45, 2.75) is 5.41 Å². The van der Waals surface area contributed by atoms with Crippen molar-refractivity contribution in [1.82, 2.24) is 0 Å². The van der Waals surface area contributed by atoms with Gasteiger partial charge in [0.05, 0.1) is 5.41 Å². The molecule has 1 aliphatic carbocycles. The molecular weight excluding hydrogens is 383 g/mol. The van der Waals surface area contributed by atoms with E-state index in [-0.39, 0.29) is 23.0 Å². The lowest BCUT2D eigenvalue weighted by atomic mass is 9.67. The van der Waals surface area contributed by atoms with Crippen LogP contribution in [0.15, 0.2) is 84.9 Å². The maximum atomic E-state index is 12.8. The smallest absolute Gasteiger partial charge is 0.213 e. The zero-order valence-electron chi connectivity index (χ0n) is 15.7. The van der Waals surface area contributed by atoms with Crippen molar-refractivity contribution in [2.75, 3.05) is 0 Å². The second kappa shape index (κ2) is 6.52. The molecule has 3 N–H and O–H groups in total. The highest BCUT2D eigenvalue weighted by Crippen LogP contribution is 2.57. The molecule has 0 atom stereocenters. The molecule has 0 amide bonds. The van der Waals surface area contributed by atoms with Crippen LogP contribution in [0.2, 0.25) is 0 Å². The van der Waals surface area contributed by atoms with E-state index in [9.17, 15) is 19.8 Å². The van der Waals surface area contributed by atoms with Crippen molar-refractivity contribution in [2.24, 2.45) is 0 Å². The van der Waals surface area contributed by atoms with Gasteiger partial charge in [0.2, 0.25) is 5.75 Å². The third-order valence-electron chi connectivity index (χ3n) is 5.84. The minimum absolute atomic E-state index is 0.225. The second-order valence-electron chi connectivity index (χ2n) is 7.30. The molecule has 0 radical (unpaired) electrons. The van der Waals surface area contributed by atoms with Crippen molar-refractivity contribution >= 4 is 0 Å². The fourth-order valence-electron chi connectivity index (χ4n) is 4.60. The molecule has 148 valence electrons. The van der Waals surface area contributed by atoms with Crippen LogP contribution in [0.1, 0.15) is 22.3 Å². The first-order valence-electron chi connectivity index (χ1n) is 9.41. The Balaban J connectivity index is 1.94. The van der Waals surface area contributed by atoms with Crippen LogP contribution < -0.4 is 4.94 Å². The van der Waals surface area contributed by atoms with E-state index in [0.717, 1.165) is 22.3 Å². The Morgan fingerprint density at radius 3 is 1.67 bits per heavy atom. The van der Waals surface area contributed by atoms with E-state index in [1.54, 1.807) is 12.1 Å². The van der Waals surface area contributed by atoms with Gasteiger partial charge in [-0.25, -0.2) is 0 Å². The number of hydrogen-bond acceptors (Lipinski definition) is 4. The number of phenolic OH excluding ortho intramolecular Hbond substituents is 3. The van der Waals surface area contributed by atoms with E-state index in [2.05, 4.69) is 4.94 Å². The summed E-state index contributed by atoms with van der Waals surface area (Å²) in [5, 5.41) is 30.5. The molecule has 0 spiro atoms. The van der Waals surface area contributed by atoms with Gasteiger partial charge in [0.1, 0.15) is 0 Å². The fraction of sp³-hybridized carbons (Fsp3) is 0.0400. The average Bonchev–Trinajstić information content (AvgIpc) is 3.07. The van der Waals surface area contributed by atoms with Gasteiger partial charge in [-0.1, -0.05) is 60.7 Å². The van der Waals surface area contributed by atoms with Gasteiger partial charge in [0.15, 0.2) is 17.2 Å². The van der Waals surface area contributed by atoms with Gasteiger partial charge in [0, 0.05) is 4.53 Å². The Bertz CT molecular complexity index is 1240. The van der Waals surface area contributed by atoms with Crippen LogP contribution in [0, 0.1) is 0 Å². The molecule has 30 heavy (non-hydrogen) atoms. The van der Waals surface area contributed by atoms with Crippen molar-refractivity contribution in [1.29, 1.82) is 0 Å². The molecule has 0 saturated heterocycles. The topological polar surface area (TPSA) is 69.9 Å². The van der Waals surface area contributed by atoms with Gasteiger partial charge in [-0.15, -0.1) is 0 Å². The fourth-order valence-corrected chi connectivity index (χ4v) is 4.60. The minimum atomic E-state index is -0.898. The largest absolute Gasteiger partial charge is 0.504 e. The summed E-state index contributed by atoms with van der Waals surface area (Å²) in [6, 6.07) is 25.0. The molecule has 0 aliphatic heterocycles. The van der Waals surface area contributed by atoms with E-state index in [1.165, 1.54) is 24.3 Å². The van der Waals surface area contributed by atoms with Crippen molar-refractivity contribution < 1.29 is 24.8 Å². The monoisotopic (exact) mass is 400 g/mol. The average molecular weight is 400 g/mol.